The normalized spacial score (nSPS) is 33.3. The molecule has 0 spiro atoms. The van der Waals surface area contributed by atoms with Gasteiger partial charge in [-0.05, 0) is 85.9 Å². The van der Waals surface area contributed by atoms with Gasteiger partial charge in [0.1, 0.15) is 0 Å². The Kier molecular flexibility index (Phi) is 10.7. The van der Waals surface area contributed by atoms with Crippen molar-refractivity contribution in [2.24, 2.45) is 46.8 Å². The number of nitriles is 1. The molecule has 2 aliphatic carbocycles. The SMILES string of the molecule is CCCCCCC(C)C1CCC2(C)C(CC(C#N)CCC(C)C)CCC2C1CCC. The summed E-state index contributed by atoms with van der Waals surface area (Å²) >= 11 is 0. The van der Waals surface area contributed by atoms with Crippen LogP contribution in [0.25, 0.3) is 0 Å². The minimum atomic E-state index is 0.285. The number of unbranched alkanes of at least 4 members (excludes halogenated alkanes) is 3. The zero-order valence-electron chi connectivity index (χ0n) is 21.4. The highest BCUT2D eigenvalue weighted by atomic mass is 14.6. The molecule has 2 rings (SSSR count). The number of fused-ring (bicyclic) bond motifs is 1. The maximum Gasteiger partial charge on any atom is 0.0655 e. The van der Waals surface area contributed by atoms with Crippen LogP contribution in [0.3, 0.4) is 0 Å². The summed E-state index contributed by atoms with van der Waals surface area (Å²) in [5, 5.41) is 9.80. The van der Waals surface area contributed by atoms with Gasteiger partial charge in [-0.25, -0.2) is 0 Å². The molecular formula is C29H53N. The fourth-order valence-corrected chi connectivity index (χ4v) is 7.49. The molecule has 7 atom stereocenters. The lowest BCUT2D eigenvalue weighted by atomic mass is 9.54. The van der Waals surface area contributed by atoms with E-state index in [2.05, 4.69) is 47.6 Å². The molecule has 0 aromatic rings. The van der Waals surface area contributed by atoms with E-state index < -0.39 is 0 Å². The van der Waals surface area contributed by atoms with Crippen LogP contribution >= 0.6 is 0 Å². The lowest BCUT2D eigenvalue weighted by Gasteiger charge is -2.51. The van der Waals surface area contributed by atoms with Crippen molar-refractivity contribution in [3.05, 3.63) is 0 Å². The summed E-state index contributed by atoms with van der Waals surface area (Å²) in [5.74, 6) is 5.51. The van der Waals surface area contributed by atoms with Crippen molar-refractivity contribution >= 4 is 0 Å². The van der Waals surface area contributed by atoms with Crippen LogP contribution in [0, 0.1) is 58.2 Å². The first kappa shape index (κ1) is 25.7. The lowest BCUT2D eigenvalue weighted by molar-refractivity contribution is -0.0167. The van der Waals surface area contributed by atoms with Crippen molar-refractivity contribution < 1.29 is 0 Å². The summed E-state index contributed by atoms with van der Waals surface area (Å²) in [6.45, 7) is 14.5. The Hall–Kier alpha value is -0.510. The number of rotatable bonds is 13. The summed E-state index contributed by atoms with van der Waals surface area (Å²) in [6.07, 6.45) is 19.1. The standard InChI is InChI=1S/C29H53N/c1-7-9-10-11-13-23(5)26-18-19-29(6)25(16-17-28(29)27(26)12-8-2)20-24(21-30)15-14-22(3)4/h22-28H,7-20H2,1-6H3. The Morgan fingerprint density at radius 1 is 0.933 bits per heavy atom. The highest BCUT2D eigenvalue weighted by molar-refractivity contribution is 5.04. The van der Waals surface area contributed by atoms with Gasteiger partial charge in [0.15, 0.2) is 0 Å². The van der Waals surface area contributed by atoms with Crippen molar-refractivity contribution in [1.82, 2.24) is 0 Å². The van der Waals surface area contributed by atoms with Crippen molar-refractivity contribution in [3.8, 4) is 6.07 Å². The first-order valence-electron chi connectivity index (χ1n) is 13.8. The predicted octanol–water partition coefficient (Wildman–Crippen LogP) is 9.42. The average Bonchev–Trinajstić information content (AvgIpc) is 3.05. The van der Waals surface area contributed by atoms with E-state index in [1.807, 2.05) is 0 Å². The Labute approximate surface area is 189 Å². The van der Waals surface area contributed by atoms with E-state index in [0.29, 0.717) is 5.41 Å². The zero-order valence-corrected chi connectivity index (χ0v) is 21.4. The average molecular weight is 416 g/mol. The van der Waals surface area contributed by atoms with E-state index in [9.17, 15) is 5.26 Å². The maximum absolute atomic E-state index is 9.80. The molecule has 2 aliphatic rings. The third-order valence-electron chi connectivity index (χ3n) is 9.40. The molecule has 0 bridgehead atoms. The molecular weight excluding hydrogens is 362 g/mol. The second-order valence-electron chi connectivity index (χ2n) is 11.9. The zero-order chi connectivity index (χ0) is 22.1. The third-order valence-corrected chi connectivity index (χ3v) is 9.40. The summed E-state index contributed by atoms with van der Waals surface area (Å²) in [5.41, 5.74) is 0.505. The number of hydrogen-bond acceptors (Lipinski definition) is 1. The fraction of sp³-hybridized carbons (Fsp3) is 0.966. The molecule has 1 heteroatoms. The molecule has 0 N–H and O–H groups in total. The summed E-state index contributed by atoms with van der Waals surface area (Å²) in [4.78, 5) is 0. The first-order chi connectivity index (χ1) is 14.4. The van der Waals surface area contributed by atoms with Gasteiger partial charge in [0, 0.05) is 5.92 Å². The summed E-state index contributed by atoms with van der Waals surface area (Å²) in [7, 11) is 0. The first-order valence-corrected chi connectivity index (χ1v) is 13.8. The molecule has 174 valence electrons. The van der Waals surface area contributed by atoms with Crippen LogP contribution in [0.1, 0.15) is 131 Å². The molecule has 30 heavy (non-hydrogen) atoms. The van der Waals surface area contributed by atoms with E-state index in [1.54, 1.807) is 0 Å². The number of nitrogens with zero attached hydrogens (tertiary/aromatic N) is 1. The molecule has 0 aromatic carbocycles. The molecule has 2 saturated carbocycles. The molecule has 7 unspecified atom stereocenters. The minimum absolute atomic E-state index is 0.285. The van der Waals surface area contributed by atoms with Crippen LogP contribution in [0.4, 0.5) is 0 Å². The van der Waals surface area contributed by atoms with Crippen LogP contribution < -0.4 is 0 Å². The van der Waals surface area contributed by atoms with Crippen LogP contribution in [0.15, 0.2) is 0 Å². The maximum atomic E-state index is 9.80. The highest BCUT2D eigenvalue weighted by Crippen LogP contribution is 2.62. The quantitative estimate of drug-likeness (QED) is 0.275. The predicted molar refractivity (Wildman–Crippen MR) is 131 cm³/mol. The molecule has 0 saturated heterocycles. The van der Waals surface area contributed by atoms with Crippen LogP contribution in [-0.2, 0) is 0 Å². The third kappa shape index (κ3) is 6.50. The van der Waals surface area contributed by atoms with E-state index in [1.165, 1.54) is 83.5 Å². The highest BCUT2D eigenvalue weighted by Gasteiger charge is 2.53. The van der Waals surface area contributed by atoms with Gasteiger partial charge in [-0.1, -0.05) is 86.5 Å². The molecule has 0 aliphatic heterocycles. The molecule has 1 nitrogen and oxygen atoms in total. The van der Waals surface area contributed by atoms with Crippen molar-refractivity contribution in [2.75, 3.05) is 0 Å². The van der Waals surface area contributed by atoms with Crippen LogP contribution in [0.2, 0.25) is 0 Å². The smallest absolute Gasteiger partial charge is 0.0655 e. The van der Waals surface area contributed by atoms with Gasteiger partial charge < -0.3 is 0 Å². The van der Waals surface area contributed by atoms with Crippen molar-refractivity contribution in [3.63, 3.8) is 0 Å². The lowest BCUT2D eigenvalue weighted by Crippen LogP contribution is -2.43. The van der Waals surface area contributed by atoms with Gasteiger partial charge >= 0.3 is 0 Å². The van der Waals surface area contributed by atoms with Crippen LogP contribution in [-0.4, -0.2) is 0 Å². The van der Waals surface area contributed by atoms with Gasteiger partial charge in [-0.2, -0.15) is 5.26 Å². The summed E-state index contributed by atoms with van der Waals surface area (Å²) < 4.78 is 0. The Morgan fingerprint density at radius 2 is 1.70 bits per heavy atom. The van der Waals surface area contributed by atoms with Gasteiger partial charge in [0.05, 0.1) is 6.07 Å². The summed E-state index contributed by atoms with van der Waals surface area (Å²) in [6, 6.07) is 2.69. The van der Waals surface area contributed by atoms with Gasteiger partial charge in [0.2, 0.25) is 0 Å². The molecule has 0 aromatic heterocycles. The van der Waals surface area contributed by atoms with Gasteiger partial charge in [0.25, 0.3) is 0 Å². The molecule has 2 fully saturated rings. The Balaban J connectivity index is 2.03. The van der Waals surface area contributed by atoms with Gasteiger partial charge in [-0.3, -0.25) is 0 Å². The van der Waals surface area contributed by atoms with E-state index in [-0.39, 0.29) is 5.92 Å². The fourth-order valence-electron chi connectivity index (χ4n) is 7.49. The second kappa shape index (κ2) is 12.5. The largest absolute Gasteiger partial charge is 0.198 e. The second-order valence-corrected chi connectivity index (χ2v) is 11.9. The molecule has 0 amide bonds. The van der Waals surface area contributed by atoms with E-state index >= 15 is 0 Å². The Bertz CT molecular complexity index is 517. The topological polar surface area (TPSA) is 23.8 Å². The van der Waals surface area contributed by atoms with Gasteiger partial charge in [-0.15, -0.1) is 0 Å². The van der Waals surface area contributed by atoms with E-state index in [4.69, 9.17) is 0 Å². The monoisotopic (exact) mass is 415 g/mol. The number of hydrogen-bond donors (Lipinski definition) is 0. The molecule has 0 radical (unpaired) electrons. The van der Waals surface area contributed by atoms with Crippen LogP contribution in [0.5, 0.6) is 0 Å². The van der Waals surface area contributed by atoms with Crippen molar-refractivity contribution in [2.45, 2.75) is 131 Å². The Morgan fingerprint density at radius 3 is 2.33 bits per heavy atom. The van der Waals surface area contributed by atoms with Crippen molar-refractivity contribution in [1.29, 1.82) is 5.26 Å². The minimum Gasteiger partial charge on any atom is -0.198 e. The molecule has 0 heterocycles. The van der Waals surface area contributed by atoms with E-state index in [0.717, 1.165) is 41.9 Å².